The van der Waals surface area contributed by atoms with Gasteiger partial charge in [0.1, 0.15) is 12.4 Å². The van der Waals surface area contributed by atoms with Crippen LogP contribution in [-0.4, -0.2) is 26.8 Å². The van der Waals surface area contributed by atoms with E-state index >= 15 is 0 Å². The van der Waals surface area contributed by atoms with Crippen molar-refractivity contribution in [1.29, 1.82) is 0 Å². The van der Waals surface area contributed by atoms with Crippen LogP contribution in [0.4, 0.5) is 5.69 Å². The van der Waals surface area contributed by atoms with Gasteiger partial charge >= 0.3 is 0 Å². The summed E-state index contributed by atoms with van der Waals surface area (Å²) < 4.78 is 5.72. The standard InChI is InChI=1S/C18H18N4O2S/c1-13-7-5-6-10-15(13)24-11-16-20-18(22-21-16)25-12-17(23)19-14-8-3-2-4-9-14/h2-10H,11-12H2,1H3,(H,19,23)(H,20,21,22). The summed E-state index contributed by atoms with van der Waals surface area (Å²) in [5.74, 6) is 1.58. The Kier molecular flexibility index (Phi) is 5.69. The van der Waals surface area contributed by atoms with E-state index in [1.54, 1.807) is 0 Å². The molecule has 0 fully saturated rings. The summed E-state index contributed by atoms with van der Waals surface area (Å²) in [6, 6.07) is 17.1. The Morgan fingerprint density at radius 3 is 2.72 bits per heavy atom. The number of aromatic amines is 1. The molecule has 1 heterocycles. The SMILES string of the molecule is Cc1ccccc1OCc1nc(SCC(=O)Nc2ccccc2)n[nH]1. The van der Waals surface area contributed by atoms with E-state index in [9.17, 15) is 4.79 Å². The van der Waals surface area contributed by atoms with Gasteiger partial charge in [-0.2, -0.15) is 0 Å². The third-order valence-corrected chi connectivity index (χ3v) is 4.21. The zero-order valence-corrected chi connectivity index (χ0v) is 14.5. The summed E-state index contributed by atoms with van der Waals surface area (Å²) in [6.45, 7) is 2.29. The fourth-order valence-electron chi connectivity index (χ4n) is 2.12. The molecule has 0 unspecified atom stereocenters. The number of aromatic nitrogens is 3. The minimum absolute atomic E-state index is 0.0984. The number of H-pyrrole nitrogens is 1. The van der Waals surface area contributed by atoms with E-state index in [-0.39, 0.29) is 11.7 Å². The molecule has 0 saturated carbocycles. The number of para-hydroxylation sites is 2. The molecular formula is C18H18N4O2S. The number of nitrogens with one attached hydrogen (secondary N) is 2. The number of hydrogen-bond acceptors (Lipinski definition) is 5. The molecular weight excluding hydrogens is 336 g/mol. The first-order chi connectivity index (χ1) is 12.2. The number of anilines is 1. The van der Waals surface area contributed by atoms with Gasteiger partial charge in [-0.25, -0.2) is 4.98 Å². The van der Waals surface area contributed by atoms with E-state index in [1.807, 2.05) is 61.5 Å². The average Bonchev–Trinajstić information content (AvgIpc) is 3.08. The summed E-state index contributed by atoms with van der Waals surface area (Å²) >= 11 is 1.27. The highest BCUT2D eigenvalue weighted by Crippen LogP contribution is 2.18. The summed E-state index contributed by atoms with van der Waals surface area (Å²) in [5, 5.41) is 10.3. The highest BCUT2D eigenvalue weighted by atomic mass is 32.2. The molecule has 0 aliphatic rings. The highest BCUT2D eigenvalue weighted by molar-refractivity contribution is 7.99. The Morgan fingerprint density at radius 1 is 1.16 bits per heavy atom. The summed E-state index contributed by atoms with van der Waals surface area (Å²) in [7, 11) is 0. The number of rotatable bonds is 7. The predicted molar refractivity (Wildman–Crippen MR) is 97.7 cm³/mol. The lowest BCUT2D eigenvalue weighted by atomic mass is 10.2. The summed E-state index contributed by atoms with van der Waals surface area (Å²) in [4.78, 5) is 16.2. The van der Waals surface area contributed by atoms with Crippen molar-refractivity contribution in [2.45, 2.75) is 18.7 Å². The first-order valence-electron chi connectivity index (χ1n) is 7.78. The normalized spacial score (nSPS) is 10.4. The quantitative estimate of drug-likeness (QED) is 0.636. The molecule has 1 amide bonds. The van der Waals surface area contributed by atoms with Crippen molar-refractivity contribution in [1.82, 2.24) is 15.2 Å². The summed E-state index contributed by atoms with van der Waals surface area (Å²) in [6.07, 6.45) is 0. The number of nitrogens with zero attached hydrogens (tertiary/aromatic N) is 2. The van der Waals surface area contributed by atoms with E-state index in [1.165, 1.54) is 11.8 Å². The minimum Gasteiger partial charge on any atom is -0.485 e. The Hall–Kier alpha value is -2.80. The number of ether oxygens (including phenoxy) is 1. The molecule has 0 radical (unpaired) electrons. The van der Waals surface area contributed by atoms with Gasteiger partial charge in [-0.05, 0) is 30.7 Å². The third kappa shape index (κ3) is 5.09. The molecule has 3 rings (SSSR count). The van der Waals surface area contributed by atoms with Gasteiger partial charge in [0.05, 0.1) is 5.75 Å². The second kappa shape index (κ2) is 8.34. The Balaban J connectivity index is 1.47. The smallest absolute Gasteiger partial charge is 0.234 e. The fraction of sp³-hybridized carbons (Fsp3) is 0.167. The molecule has 1 aromatic heterocycles. The third-order valence-electron chi connectivity index (χ3n) is 3.36. The lowest BCUT2D eigenvalue weighted by molar-refractivity contribution is -0.113. The van der Waals surface area contributed by atoms with Crippen LogP contribution in [0, 0.1) is 6.92 Å². The van der Waals surface area contributed by atoms with Gasteiger partial charge in [0, 0.05) is 5.69 Å². The molecule has 0 spiro atoms. The number of amides is 1. The van der Waals surface area contributed by atoms with E-state index in [2.05, 4.69) is 20.5 Å². The molecule has 2 N–H and O–H groups in total. The van der Waals surface area contributed by atoms with Gasteiger partial charge in [0.25, 0.3) is 0 Å². The number of benzene rings is 2. The molecule has 0 aliphatic heterocycles. The van der Waals surface area contributed by atoms with E-state index in [4.69, 9.17) is 4.74 Å². The Bertz CT molecular complexity index is 836. The van der Waals surface area contributed by atoms with Gasteiger partial charge < -0.3 is 10.1 Å². The van der Waals surface area contributed by atoms with Crippen LogP contribution < -0.4 is 10.1 Å². The number of carbonyl (C=O) groups excluding carboxylic acids is 1. The van der Waals surface area contributed by atoms with Crippen molar-refractivity contribution in [3.63, 3.8) is 0 Å². The second-order valence-electron chi connectivity index (χ2n) is 5.32. The van der Waals surface area contributed by atoms with Crippen LogP contribution in [0.3, 0.4) is 0 Å². The number of hydrogen-bond donors (Lipinski definition) is 2. The zero-order chi connectivity index (χ0) is 17.5. The average molecular weight is 354 g/mol. The largest absolute Gasteiger partial charge is 0.485 e. The van der Waals surface area contributed by atoms with Crippen molar-refractivity contribution in [2.75, 3.05) is 11.1 Å². The van der Waals surface area contributed by atoms with Crippen molar-refractivity contribution >= 4 is 23.4 Å². The first-order valence-corrected chi connectivity index (χ1v) is 8.76. The maximum absolute atomic E-state index is 11.9. The molecule has 25 heavy (non-hydrogen) atoms. The van der Waals surface area contributed by atoms with Crippen LogP contribution in [-0.2, 0) is 11.4 Å². The van der Waals surface area contributed by atoms with E-state index < -0.39 is 0 Å². The highest BCUT2D eigenvalue weighted by Gasteiger charge is 2.09. The monoisotopic (exact) mass is 354 g/mol. The van der Waals surface area contributed by atoms with E-state index in [0.29, 0.717) is 17.6 Å². The number of aryl methyl sites for hydroxylation is 1. The molecule has 2 aromatic carbocycles. The van der Waals surface area contributed by atoms with Crippen molar-refractivity contribution in [3.05, 3.63) is 66.0 Å². The molecule has 0 atom stereocenters. The Morgan fingerprint density at radius 2 is 1.92 bits per heavy atom. The van der Waals surface area contributed by atoms with Crippen LogP contribution >= 0.6 is 11.8 Å². The van der Waals surface area contributed by atoms with Gasteiger partial charge in [-0.15, -0.1) is 5.10 Å². The second-order valence-corrected chi connectivity index (χ2v) is 6.26. The van der Waals surface area contributed by atoms with Crippen LogP contribution in [0.25, 0.3) is 0 Å². The van der Waals surface area contributed by atoms with Crippen molar-refractivity contribution < 1.29 is 9.53 Å². The predicted octanol–water partition coefficient (Wildman–Crippen LogP) is 3.42. The number of thioether (sulfide) groups is 1. The molecule has 128 valence electrons. The topological polar surface area (TPSA) is 79.9 Å². The van der Waals surface area contributed by atoms with Crippen LogP contribution in [0.2, 0.25) is 0 Å². The number of carbonyl (C=O) groups is 1. The van der Waals surface area contributed by atoms with Gasteiger partial charge in [-0.3, -0.25) is 9.89 Å². The summed E-state index contributed by atoms with van der Waals surface area (Å²) in [5.41, 5.74) is 1.84. The lowest BCUT2D eigenvalue weighted by Gasteiger charge is -2.06. The molecule has 0 bridgehead atoms. The van der Waals surface area contributed by atoms with Crippen LogP contribution in [0.15, 0.2) is 59.8 Å². The zero-order valence-electron chi connectivity index (χ0n) is 13.7. The minimum atomic E-state index is -0.0984. The Labute approximate surface area is 150 Å². The molecule has 0 aliphatic carbocycles. The van der Waals surface area contributed by atoms with Crippen molar-refractivity contribution in [2.24, 2.45) is 0 Å². The lowest BCUT2D eigenvalue weighted by Crippen LogP contribution is -2.13. The fourth-order valence-corrected chi connectivity index (χ4v) is 2.74. The van der Waals surface area contributed by atoms with Crippen molar-refractivity contribution in [3.8, 4) is 5.75 Å². The molecule has 3 aromatic rings. The van der Waals surface area contributed by atoms with E-state index in [0.717, 1.165) is 17.0 Å². The van der Waals surface area contributed by atoms with Crippen LogP contribution in [0.1, 0.15) is 11.4 Å². The maximum Gasteiger partial charge on any atom is 0.234 e. The van der Waals surface area contributed by atoms with Gasteiger partial charge in [0.2, 0.25) is 11.1 Å². The molecule has 6 nitrogen and oxygen atoms in total. The first kappa shape index (κ1) is 17.0. The molecule has 0 saturated heterocycles. The van der Waals surface area contributed by atoms with Crippen LogP contribution in [0.5, 0.6) is 5.75 Å². The molecule has 7 heteroatoms. The van der Waals surface area contributed by atoms with Gasteiger partial charge in [-0.1, -0.05) is 48.2 Å². The van der Waals surface area contributed by atoms with Gasteiger partial charge in [0.15, 0.2) is 5.82 Å². The maximum atomic E-state index is 11.9.